The number of nitrogens with zero attached hydrogens (tertiary/aromatic N) is 1. The number of aliphatic hydroxyl groups is 1. The molecule has 0 aliphatic carbocycles. The van der Waals surface area contributed by atoms with Gasteiger partial charge in [-0.1, -0.05) is 0 Å². The Bertz CT molecular complexity index is 136. The van der Waals surface area contributed by atoms with E-state index in [9.17, 15) is 4.79 Å². The fraction of sp³-hybridized carbons (Fsp3) is 0.857. The third-order valence-corrected chi connectivity index (χ3v) is 1.44. The van der Waals surface area contributed by atoms with Crippen LogP contribution in [0.25, 0.3) is 0 Å². The van der Waals surface area contributed by atoms with Crippen LogP contribution in [0, 0.1) is 0 Å². The van der Waals surface area contributed by atoms with Crippen molar-refractivity contribution < 1.29 is 9.90 Å². The molecule has 2 unspecified atom stereocenters. The Balaban J connectivity index is 3.83. The molecule has 1 amide bonds. The fourth-order valence-corrected chi connectivity index (χ4v) is 0.957. The monoisotopic (exact) mass is 179 g/mol. The van der Waals surface area contributed by atoms with Gasteiger partial charge in [-0.2, -0.15) is 0 Å². The molecule has 11 heavy (non-hydrogen) atoms. The van der Waals surface area contributed by atoms with Crippen molar-refractivity contribution in [3.05, 3.63) is 0 Å². The molecule has 0 bridgehead atoms. The van der Waals surface area contributed by atoms with E-state index in [0.717, 1.165) is 0 Å². The van der Waals surface area contributed by atoms with Crippen molar-refractivity contribution in [1.82, 2.24) is 4.90 Å². The summed E-state index contributed by atoms with van der Waals surface area (Å²) in [5.41, 5.74) is 0. The molecule has 0 aromatic heterocycles. The van der Waals surface area contributed by atoms with Crippen molar-refractivity contribution in [2.75, 3.05) is 13.6 Å². The van der Waals surface area contributed by atoms with Crippen LogP contribution < -0.4 is 0 Å². The minimum Gasteiger partial charge on any atom is -0.392 e. The van der Waals surface area contributed by atoms with Crippen LogP contribution in [-0.4, -0.2) is 41.0 Å². The van der Waals surface area contributed by atoms with Crippen LogP contribution in [0.4, 0.5) is 0 Å². The second-order valence-electron chi connectivity index (χ2n) is 2.68. The van der Waals surface area contributed by atoms with E-state index < -0.39 is 11.5 Å². The maximum Gasteiger partial charge on any atom is 0.240 e. The Hall–Kier alpha value is -0.280. The fourth-order valence-electron chi connectivity index (χ4n) is 0.790. The zero-order chi connectivity index (χ0) is 9.02. The van der Waals surface area contributed by atoms with E-state index in [4.69, 9.17) is 16.7 Å². The summed E-state index contributed by atoms with van der Waals surface area (Å²) < 4.78 is 0. The predicted molar refractivity (Wildman–Crippen MR) is 44.6 cm³/mol. The summed E-state index contributed by atoms with van der Waals surface area (Å²) in [5.74, 6) is -0.160. The first kappa shape index (κ1) is 10.7. The second kappa shape index (κ2) is 4.57. The van der Waals surface area contributed by atoms with Gasteiger partial charge >= 0.3 is 0 Å². The maximum absolute atomic E-state index is 11.1. The molecule has 4 heteroatoms. The normalized spacial score (nSPS) is 15.7. The number of aliphatic hydroxyl groups excluding tert-OH is 1. The number of rotatable bonds is 3. The second-order valence-corrected chi connectivity index (χ2v) is 3.34. The highest BCUT2D eigenvalue weighted by atomic mass is 35.5. The third kappa shape index (κ3) is 4.22. The van der Waals surface area contributed by atoms with Gasteiger partial charge < -0.3 is 10.0 Å². The summed E-state index contributed by atoms with van der Waals surface area (Å²) in [6.07, 6.45) is -0.501. The van der Waals surface area contributed by atoms with E-state index in [1.807, 2.05) is 0 Å². The highest BCUT2D eigenvalue weighted by Gasteiger charge is 2.15. The van der Waals surface area contributed by atoms with Crippen molar-refractivity contribution in [3.8, 4) is 0 Å². The Morgan fingerprint density at radius 3 is 2.36 bits per heavy atom. The van der Waals surface area contributed by atoms with Crippen molar-refractivity contribution in [1.29, 1.82) is 0 Å². The number of hydrogen-bond donors (Lipinski definition) is 1. The first-order valence-electron chi connectivity index (χ1n) is 3.52. The largest absolute Gasteiger partial charge is 0.392 e. The Morgan fingerprint density at radius 2 is 2.09 bits per heavy atom. The number of amides is 1. The molecule has 0 aliphatic heterocycles. The quantitative estimate of drug-likeness (QED) is 0.640. The Labute approximate surface area is 71.9 Å². The molecule has 0 fully saturated rings. The number of hydrogen-bond acceptors (Lipinski definition) is 2. The van der Waals surface area contributed by atoms with Gasteiger partial charge in [0.1, 0.15) is 5.38 Å². The first-order chi connectivity index (χ1) is 4.95. The smallest absolute Gasteiger partial charge is 0.240 e. The van der Waals surface area contributed by atoms with E-state index in [2.05, 4.69) is 0 Å². The third-order valence-electron chi connectivity index (χ3n) is 1.25. The molecular weight excluding hydrogens is 166 g/mol. The number of halogens is 1. The van der Waals surface area contributed by atoms with Gasteiger partial charge in [0, 0.05) is 13.6 Å². The topological polar surface area (TPSA) is 40.5 Å². The lowest BCUT2D eigenvalue weighted by atomic mass is 10.3. The SMILES string of the molecule is CC(O)CN(C)C(=O)C(C)Cl. The summed E-state index contributed by atoms with van der Waals surface area (Å²) in [7, 11) is 1.62. The van der Waals surface area contributed by atoms with Gasteiger partial charge in [-0.25, -0.2) is 0 Å². The van der Waals surface area contributed by atoms with Crippen LogP contribution in [-0.2, 0) is 4.79 Å². The number of likely N-dealkylation sites (N-methyl/N-ethyl adjacent to an activating group) is 1. The average Bonchev–Trinajstić information content (AvgIpc) is 1.84. The standard InChI is InChI=1S/C7H14ClNO2/c1-5(10)4-9(3)7(11)6(2)8/h5-6,10H,4H2,1-3H3. The lowest BCUT2D eigenvalue weighted by Gasteiger charge is -2.19. The van der Waals surface area contributed by atoms with Gasteiger partial charge in [0.25, 0.3) is 0 Å². The highest BCUT2D eigenvalue weighted by molar-refractivity contribution is 6.30. The summed E-state index contributed by atoms with van der Waals surface area (Å²) in [6, 6.07) is 0. The minimum atomic E-state index is -0.515. The molecule has 2 atom stereocenters. The molecule has 0 aromatic rings. The van der Waals surface area contributed by atoms with Gasteiger partial charge in [0.05, 0.1) is 6.10 Å². The molecular formula is C7H14ClNO2. The average molecular weight is 180 g/mol. The van der Waals surface area contributed by atoms with Crippen LogP contribution in [0.15, 0.2) is 0 Å². The zero-order valence-corrected chi connectivity index (χ0v) is 7.80. The van der Waals surface area contributed by atoms with Crippen LogP contribution in [0.2, 0.25) is 0 Å². The maximum atomic E-state index is 11.1. The number of alkyl halides is 1. The molecule has 0 saturated carbocycles. The summed E-state index contributed by atoms with van der Waals surface area (Å²) >= 11 is 5.53. The molecule has 66 valence electrons. The molecule has 0 heterocycles. The molecule has 0 saturated heterocycles. The first-order valence-corrected chi connectivity index (χ1v) is 3.96. The van der Waals surface area contributed by atoms with Crippen LogP contribution in [0.1, 0.15) is 13.8 Å². The highest BCUT2D eigenvalue weighted by Crippen LogP contribution is 1.99. The summed E-state index contributed by atoms with van der Waals surface area (Å²) in [5, 5.41) is 8.40. The molecule has 0 aliphatic rings. The van der Waals surface area contributed by atoms with Crippen molar-refractivity contribution in [2.45, 2.75) is 25.3 Å². The van der Waals surface area contributed by atoms with Crippen molar-refractivity contribution in [3.63, 3.8) is 0 Å². The van der Waals surface area contributed by atoms with E-state index in [1.165, 1.54) is 4.90 Å². The molecule has 3 nitrogen and oxygen atoms in total. The molecule has 0 aromatic carbocycles. The van der Waals surface area contributed by atoms with E-state index >= 15 is 0 Å². The van der Waals surface area contributed by atoms with E-state index in [0.29, 0.717) is 6.54 Å². The summed E-state index contributed by atoms with van der Waals surface area (Å²) in [4.78, 5) is 12.5. The van der Waals surface area contributed by atoms with Gasteiger partial charge in [0.2, 0.25) is 5.91 Å². The molecule has 0 rings (SSSR count). The van der Waals surface area contributed by atoms with Gasteiger partial charge in [0.15, 0.2) is 0 Å². The number of carbonyl (C=O) groups excluding carboxylic acids is 1. The molecule has 0 radical (unpaired) electrons. The van der Waals surface area contributed by atoms with Crippen LogP contribution >= 0.6 is 11.6 Å². The van der Waals surface area contributed by atoms with Gasteiger partial charge in [-0.05, 0) is 13.8 Å². The summed E-state index contributed by atoms with van der Waals surface area (Å²) in [6.45, 7) is 3.57. The van der Waals surface area contributed by atoms with Crippen LogP contribution in [0.5, 0.6) is 0 Å². The van der Waals surface area contributed by atoms with Crippen LogP contribution in [0.3, 0.4) is 0 Å². The van der Waals surface area contributed by atoms with Gasteiger partial charge in [-0.3, -0.25) is 4.79 Å². The van der Waals surface area contributed by atoms with Crippen molar-refractivity contribution >= 4 is 17.5 Å². The van der Waals surface area contributed by atoms with Gasteiger partial charge in [-0.15, -0.1) is 11.6 Å². The zero-order valence-electron chi connectivity index (χ0n) is 7.04. The van der Waals surface area contributed by atoms with E-state index in [1.54, 1.807) is 20.9 Å². The molecule has 0 spiro atoms. The Morgan fingerprint density at radius 1 is 1.64 bits per heavy atom. The molecule has 1 N–H and O–H groups in total. The minimum absolute atomic E-state index is 0.160. The van der Waals surface area contributed by atoms with Crippen molar-refractivity contribution in [2.24, 2.45) is 0 Å². The number of carbonyl (C=O) groups is 1. The van der Waals surface area contributed by atoms with E-state index in [-0.39, 0.29) is 5.91 Å². The lowest BCUT2D eigenvalue weighted by Crippen LogP contribution is -2.36. The Kier molecular flexibility index (Phi) is 4.45. The predicted octanol–water partition coefficient (Wildman–Crippen LogP) is 0.453. The lowest BCUT2D eigenvalue weighted by molar-refractivity contribution is -0.130.